The number of quaternary nitrogens is 1. The molecule has 0 aromatic rings. The summed E-state index contributed by atoms with van der Waals surface area (Å²) < 4.78 is 17.2. The number of aliphatic carboxylic acids is 1. The number of hydrogen-bond donors (Lipinski definition) is 0. The molecule has 0 saturated heterocycles. The van der Waals surface area contributed by atoms with Crippen LogP contribution in [0.1, 0.15) is 181 Å². The maximum Gasteiger partial charge on any atom is 0.306 e. The lowest BCUT2D eigenvalue weighted by Crippen LogP contribution is -2.55. The Labute approximate surface area is 373 Å². The van der Waals surface area contributed by atoms with Gasteiger partial charge in [0.05, 0.1) is 40.3 Å². The Balaban J connectivity index is 4.37. The smallest absolute Gasteiger partial charge is 0.306 e. The number of rotatable bonds is 42. The normalized spacial score (nSPS) is 13.7. The van der Waals surface area contributed by atoms with Crippen LogP contribution in [-0.2, 0) is 28.6 Å². The molecule has 0 fully saturated rings. The van der Waals surface area contributed by atoms with Crippen molar-refractivity contribution in [2.75, 3.05) is 41.0 Å². The molecule has 0 rings (SSSR count). The molecule has 0 spiro atoms. The number of carboxylic acid groups (broad SMARTS) is 1. The van der Waals surface area contributed by atoms with E-state index in [-0.39, 0.29) is 42.7 Å². The summed E-state index contributed by atoms with van der Waals surface area (Å²) >= 11 is 0. The van der Waals surface area contributed by atoms with Crippen LogP contribution in [0.3, 0.4) is 0 Å². The first-order chi connectivity index (χ1) is 29.6. The zero-order valence-electron chi connectivity index (χ0n) is 39.5. The summed E-state index contributed by atoms with van der Waals surface area (Å²) in [6.07, 6.45) is 56.1. The van der Waals surface area contributed by atoms with Gasteiger partial charge in [0.2, 0.25) is 0 Å². The molecule has 0 amide bonds. The summed E-state index contributed by atoms with van der Waals surface area (Å²) in [5.41, 5.74) is 0. The zero-order chi connectivity index (χ0) is 44.9. The van der Waals surface area contributed by atoms with Crippen LogP contribution in [0.5, 0.6) is 0 Å². The van der Waals surface area contributed by atoms with Crippen LogP contribution in [0.15, 0.2) is 85.1 Å². The average molecular weight is 852 g/mol. The second kappa shape index (κ2) is 43.2. The fourth-order valence-electron chi connectivity index (χ4n) is 6.54. The highest BCUT2D eigenvalue weighted by Gasteiger charge is 2.25. The maximum absolute atomic E-state index is 12.7. The topological polar surface area (TPSA) is 102 Å². The van der Waals surface area contributed by atoms with Crippen molar-refractivity contribution in [3.05, 3.63) is 85.1 Å². The van der Waals surface area contributed by atoms with Gasteiger partial charge in [0.15, 0.2) is 6.10 Å². The number of likely N-dealkylation sites (N-methyl/N-ethyl adjacent to an activating group) is 1. The van der Waals surface area contributed by atoms with Gasteiger partial charge in [-0.2, -0.15) is 0 Å². The third-order valence-electron chi connectivity index (χ3n) is 10.3. The van der Waals surface area contributed by atoms with Gasteiger partial charge in [-0.05, 0) is 89.9 Å². The van der Waals surface area contributed by atoms with Crippen LogP contribution in [0.2, 0.25) is 0 Å². The fraction of sp³-hybridized carbons (Fsp3) is 0.679. The van der Waals surface area contributed by atoms with Gasteiger partial charge < -0.3 is 28.6 Å². The molecule has 0 aromatic heterocycles. The van der Waals surface area contributed by atoms with E-state index in [1.165, 1.54) is 64.2 Å². The van der Waals surface area contributed by atoms with Gasteiger partial charge in [0.1, 0.15) is 12.6 Å². The highest BCUT2D eigenvalue weighted by Crippen LogP contribution is 2.13. The van der Waals surface area contributed by atoms with Crippen LogP contribution in [0, 0.1) is 0 Å². The van der Waals surface area contributed by atoms with Gasteiger partial charge in [0, 0.05) is 19.3 Å². The standard InChI is InChI=1S/C53H89NO7/c1-6-8-10-12-14-16-18-20-22-23-24-25-26-27-28-30-31-33-35-37-39-41-43-51(55)60-48-49(47-59-46-45-50(53(57)58)54(3,4)5)61-52(56)44-42-40-38-36-34-32-29-21-19-17-15-13-11-9-7-2/h8,10,14,16-17,19-20,22,24-25,27-28,31,33,49-50H,6-7,9,11-13,15,18,21,23,26,29-30,32,34-48H2,1-5H3/b10-8+,16-14+,19-17+,22-20+,25-24+,28-27+,33-31+. The van der Waals surface area contributed by atoms with Crippen LogP contribution in [0.25, 0.3) is 0 Å². The number of carboxylic acids is 1. The number of allylic oxidation sites excluding steroid dienone is 14. The van der Waals surface area contributed by atoms with Crippen LogP contribution in [0.4, 0.5) is 0 Å². The van der Waals surface area contributed by atoms with E-state index < -0.39 is 18.1 Å². The van der Waals surface area contributed by atoms with Crippen LogP contribution < -0.4 is 5.11 Å². The molecule has 8 nitrogen and oxygen atoms in total. The SMILES string of the molecule is CC/C=C/C/C=C/C/C=C/C/C=C/C/C=C/C/C=C/CCCCCC(=O)OCC(COCCC(C(=O)[O-])[N+](C)(C)C)OC(=O)CCCCCCCCC/C=C/CCCCCC. The first-order valence-corrected chi connectivity index (χ1v) is 24.1. The van der Waals surface area contributed by atoms with Gasteiger partial charge in [-0.1, -0.05) is 157 Å². The molecule has 0 radical (unpaired) electrons. The summed E-state index contributed by atoms with van der Waals surface area (Å²) in [5, 5.41) is 11.6. The van der Waals surface area contributed by atoms with Crippen molar-refractivity contribution >= 4 is 17.9 Å². The van der Waals surface area contributed by atoms with E-state index in [1.807, 2.05) is 0 Å². The van der Waals surface area contributed by atoms with Crippen molar-refractivity contribution in [1.82, 2.24) is 0 Å². The van der Waals surface area contributed by atoms with Gasteiger partial charge in [-0.3, -0.25) is 9.59 Å². The van der Waals surface area contributed by atoms with Crippen LogP contribution >= 0.6 is 0 Å². The molecule has 0 aliphatic rings. The van der Waals surface area contributed by atoms with E-state index in [1.54, 1.807) is 21.1 Å². The Morgan fingerprint density at radius 2 is 0.918 bits per heavy atom. The summed E-state index contributed by atoms with van der Waals surface area (Å²) in [6.45, 7) is 4.49. The predicted molar refractivity (Wildman–Crippen MR) is 254 cm³/mol. The van der Waals surface area contributed by atoms with Crippen LogP contribution in [-0.4, -0.2) is 75.5 Å². The Morgan fingerprint density at radius 3 is 1.39 bits per heavy atom. The summed E-state index contributed by atoms with van der Waals surface area (Å²) in [5.74, 6) is -1.79. The zero-order valence-corrected chi connectivity index (χ0v) is 39.5. The molecule has 8 heteroatoms. The first-order valence-electron chi connectivity index (χ1n) is 24.1. The highest BCUT2D eigenvalue weighted by atomic mass is 16.6. The lowest BCUT2D eigenvalue weighted by molar-refractivity contribution is -0.889. The maximum atomic E-state index is 12.7. The number of carbonyl (C=O) groups is 3. The lowest BCUT2D eigenvalue weighted by atomic mass is 10.1. The Hall–Kier alpha value is -3.49. The number of ether oxygens (including phenoxy) is 3. The van der Waals surface area contributed by atoms with Crippen molar-refractivity contribution in [2.45, 2.75) is 193 Å². The third-order valence-corrected chi connectivity index (χ3v) is 10.3. The van der Waals surface area contributed by atoms with Gasteiger partial charge in [0.25, 0.3) is 0 Å². The number of unbranched alkanes of at least 4 members (excludes halogenated alkanes) is 14. The molecule has 2 unspecified atom stereocenters. The van der Waals surface area contributed by atoms with Crippen molar-refractivity contribution in [3.63, 3.8) is 0 Å². The average Bonchev–Trinajstić information content (AvgIpc) is 3.22. The molecule has 2 atom stereocenters. The number of nitrogens with zero attached hydrogens (tertiary/aromatic N) is 1. The van der Waals surface area contributed by atoms with Crippen molar-refractivity contribution in [3.8, 4) is 0 Å². The number of esters is 2. The van der Waals surface area contributed by atoms with E-state index in [0.29, 0.717) is 12.8 Å². The summed E-state index contributed by atoms with van der Waals surface area (Å²) in [4.78, 5) is 36.9. The largest absolute Gasteiger partial charge is 0.544 e. The molecule has 0 N–H and O–H groups in total. The van der Waals surface area contributed by atoms with Crippen molar-refractivity contribution < 1.29 is 38.2 Å². The Bertz CT molecular complexity index is 1270. The second-order valence-corrected chi connectivity index (χ2v) is 17.0. The first kappa shape index (κ1) is 57.5. The van der Waals surface area contributed by atoms with E-state index in [2.05, 4.69) is 98.9 Å². The molecule has 0 aliphatic heterocycles. The summed E-state index contributed by atoms with van der Waals surface area (Å²) in [7, 11) is 5.39. The van der Waals surface area contributed by atoms with Gasteiger partial charge in [-0.15, -0.1) is 0 Å². The molecule has 0 heterocycles. The number of hydrogen-bond acceptors (Lipinski definition) is 7. The molecule has 0 aromatic carbocycles. The molecule has 0 bridgehead atoms. The molecular weight excluding hydrogens is 763 g/mol. The fourth-order valence-corrected chi connectivity index (χ4v) is 6.54. The molecule has 61 heavy (non-hydrogen) atoms. The second-order valence-electron chi connectivity index (χ2n) is 17.0. The Morgan fingerprint density at radius 1 is 0.508 bits per heavy atom. The van der Waals surface area contributed by atoms with E-state index in [9.17, 15) is 19.5 Å². The minimum Gasteiger partial charge on any atom is -0.544 e. The molecule has 348 valence electrons. The monoisotopic (exact) mass is 852 g/mol. The quantitative estimate of drug-likeness (QED) is 0.0261. The predicted octanol–water partition coefficient (Wildman–Crippen LogP) is 12.4. The molecule has 0 aliphatic carbocycles. The van der Waals surface area contributed by atoms with Crippen molar-refractivity contribution in [1.29, 1.82) is 0 Å². The van der Waals surface area contributed by atoms with Crippen molar-refractivity contribution in [2.24, 2.45) is 0 Å². The van der Waals surface area contributed by atoms with Gasteiger partial charge >= 0.3 is 11.9 Å². The minimum atomic E-state index is -1.13. The lowest BCUT2D eigenvalue weighted by Gasteiger charge is -2.34. The van der Waals surface area contributed by atoms with E-state index in [0.717, 1.165) is 83.5 Å². The van der Waals surface area contributed by atoms with Gasteiger partial charge in [-0.25, -0.2) is 0 Å². The third kappa shape index (κ3) is 41.6. The highest BCUT2D eigenvalue weighted by molar-refractivity contribution is 5.70. The molecular formula is C53H89NO7. The Kier molecular flexibility index (Phi) is 40.7. The number of carbonyl (C=O) groups excluding carboxylic acids is 3. The van der Waals surface area contributed by atoms with E-state index in [4.69, 9.17) is 14.2 Å². The minimum absolute atomic E-state index is 0.0237. The summed E-state index contributed by atoms with van der Waals surface area (Å²) in [6, 6.07) is -0.736. The van der Waals surface area contributed by atoms with E-state index >= 15 is 0 Å². The molecule has 0 saturated carbocycles.